The molecule has 1 aromatic carbocycles. The summed E-state index contributed by atoms with van der Waals surface area (Å²) in [6.07, 6.45) is 2.52. The normalized spacial score (nSPS) is 27.0. The molecule has 1 fully saturated rings. The topological polar surface area (TPSA) is 35.5 Å². The Morgan fingerprint density at radius 1 is 1.21 bits per heavy atom. The SMILES string of the molecule is COC(=O)[C@@H]1CC(OC)CC[C@H]1c1ccc(F)cc1. The van der Waals surface area contributed by atoms with Crippen molar-refractivity contribution in [3.05, 3.63) is 35.6 Å². The minimum atomic E-state index is -0.260. The fourth-order valence-corrected chi connectivity index (χ4v) is 2.87. The van der Waals surface area contributed by atoms with E-state index in [2.05, 4.69) is 0 Å². The molecule has 0 spiro atoms. The first-order chi connectivity index (χ1) is 9.15. The molecule has 4 heteroatoms. The molecule has 1 unspecified atom stereocenters. The number of hydrogen-bond donors (Lipinski definition) is 0. The van der Waals surface area contributed by atoms with Gasteiger partial charge in [-0.1, -0.05) is 12.1 Å². The predicted molar refractivity (Wildman–Crippen MR) is 69.3 cm³/mol. The van der Waals surface area contributed by atoms with E-state index in [4.69, 9.17) is 9.47 Å². The highest BCUT2D eigenvalue weighted by atomic mass is 19.1. The lowest BCUT2D eigenvalue weighted by Gasteiger charge is -2.34. The molecule has 1 aliphatic rings. The molecular formula is C15H19FO3. The molecule has 0 bridgehead atoms. The fraction of sp³-hybridized carbons (Fsp3) is 0.533. The summed E-state index contributed by atoms with van der Waals surface area (Å²) in [5, 5.41) is 0. The van der Waals surface area contributed by atoms with Crippen LogP contribution in [0, 0.1) is 11.7 Å². The molecule has 1 saturated carbocycles. The van der Waals surface area contributed by atoms with Gasteiger partial charge in [-0.25, -0.2) is 4.39 Å². The van der Waals surface area contributed by atoms with E-state index in [1.54, 1.807) is 19.2 Å². The van der Waals surface area contributed by atoms with E-state index >= 15 is 0 Å². The van der Waals surface area contributed by atoms with Crippen molar-refractivity contribution in [3.8, 4) is 0 Å². The van der Waals surface area contributed by atoms with Gasteiger partial charge in [0.1, 0.15) is 5.82 Å². The number of ether oxygens (including phenoxy) is 2. The van der Waals surface area contributed by atoms with E-state index in [0.29, 0.717) is 6.42 Å². The number of rotatable bonds is 3. The molecule has 19 heavy (non-hydrogen) atoms. The zero-order valence-corrected chi connectivity index (χ0v) is 11.3. The van der Waals surface area contributed by atoms with Crippen LogP contribution in [0.25, 0.3) is 0 Å². The Morgan fingerprint density at radius 3 is 2.47 bits per heavy atom. The van der Waals surface area contributed by atoms with E-state index in [1.165, 1.54) is 19.2 Å². The van der Waals surface area contributed by atoms with Crippen molar-refractivity contribution in [1.82, 2.24) is 0 Å². The second-order valence-electron chi connectivity index (χ2n) is 4.96. The summed E-state index contributed by atoms with van der Waals surface area (Å²) < 4.78 is 23.2. The van der Waals surface area contributed by atoms with Crippen LogP contribution in [-0.4, -0.2) is 26.3 Å². The predicted octanol–water partition coefficient (Wildman–Crippen LogP) is 2.90. The van der Waals surface area contributed by atoms with Gasteiger partial charge in [0.2, 0.25) is 0 Å². The van der Waals surface area contributed by atoms with Crippen molar-refractivity contribution < 1.29 is 18.7 Å². The van der Waals surface area contributed by atoms with Gasteiger partial charge in [0, 0.05) is 7.11 Å². The van der Waals surface area contributed by atoms with Crippen molar-refractivity contribution in [2.75, 3.05) is 14.2 Å². The van der Waals surface area contributed by atoms with Crippen LogP contribution >= 0.6 is 0 Å². The molecule has 0 N–H and O–H groups in total. The van der Waals surface area contributed by atoms with Gasteiger partial charge in [-0.2, -0.15) is 0 Å². The lowest BCUT2D eigenvalue weighted by molar-refractivity contribution is -0.149. The largest absolute Gasteiger partial charge is 0.469 e. The second-order valence-corrected chi connectivity index (χ2v) is 4.96. The van der Waals surface area contributed by atoms with Gasteiger partial charge in [-0.15, -0.1) is 0 Å². The van der Waals surface area contributed by atoms with Crippen molar-refractivity contribution in [2.45, 2.75) is 31.3 Å². The molecule has 3 atom stereocenters. The maximum Gasteiger partial charge on any atom is 0.309 e. The van der Waals surface area contributed by atoms with Gasteiger partial charge in [0.25, 0.3) is 0 Å². The molecule has 3 nitrogen and oxygen atoms in total. The maximum atomic E-state index is 13.0. The molecule has 0 aromatic heterocycles. The number of carbonyl (C=O) groups is 1. The number of methoxy groups -OCH3 is 2. The quantitative estimate of drug-likeness (QED) is 0.789. The molecule has 1 aromatic rings. The van der Waals surface area contributed by atoms with Gasteiger partial charge in [-0.3, -0.25) is 4.79 Å². The molecule has 2 rings (SSSR count). The van der Waals surface area contributed by atoms with E-state index in [0.717, 1.165) is 18.4 Å². The van der Waals surface area contributed by atoms with Crippen molar-refractivity contribution >= 4 is 5.97 Å². The number of esters is 1. The molecular weight excluding hydrogens is 247 g/mol. The molecule has 0 aliphatic heterocycles. The summed E-state index contributed by atoms with van der Waals surface area (Å²) in [6, 6.07) is 6.38. The summed E-state index contributed by atoms with van der Waals surface area (Å²) in [6.45, 7) is 0. The zero-order valence-electron chi connectivity index (χ0n) is 11.3. The third-order valence-electron chi connectivity index (χ3n) is 3.94. The van der Waals surface area contributed by atoms with Crippen LogP contribution in [-0.2, 0) is 14.3 Å². The average molecular weight is 266 g/mol. The minimum Gasteiger partial charge on any atom is -0.469 e. The van der Waals surface area contributed by atoms with Crippen LogP contribution in [0.4, 0.5) is 4.39 Å². The van der Waals surface area contributed by atoms with Gasteiger partial charge >= 0.3 is 5.97 Å². The number of halogens is 1. The van der Waals surface area contributed by atoms with Crippen molar-refractivity contribution in [2.24, 2.45) is 5.92 Å². The molecule has 0 amide bonds. The van der Waals surface area contributed by atoms with Gasteiger partial charge in [0.15, 0.2) is 0 Å². The maximum absolute atomic E-state index is 13.0. The zero-order chi connectivity index (χ0) is 13.8. The minimum absolute atomic E-state index is 0.0828. The average Bonchev–Trinajstić information content (AvgIpc) is 2.46. The summed E-state index contributed by atoms with van der Waals surface area (Å²) in [7, 11) is 3.07. The lowest BCUT2D eigenvalue weighted by atomic mass is 9.74. The first-order valence-electron chi connectivity index (χ1n) is 6.51. The Balaban J connectivity index is 2.21. The Morgan fingerprint density at radius 2 is 1.89 bits per heavy atom. The first kappa shape index (κ1) is 14.0. The van der Waals surface area contributed by atoms with Gasteiger partial charge in [0.05, 0.1) is 19.1 Å². The summed E-state index contributed by atoms with van der Waals surface area (Å²) in [5.41, 5.74) is 0.992. The van der Waals surface area contributed by atoms with E-state index in [-0.39, 0.29) is 29.7 Å². The second kappa shape index (κ2) is 6.15. The molecule has 0 saturated heterocycles. The lowest BCUT2D eigenvalue weighted by Crippen LogP contribution is -2.33. The first-order valence-corrected chi connectivity index (χ1v) is 6.51. The van der Waals surface area contributed by atoms with Crippen LogP contribution in [0.2, 0.25) is 0 Å². The Labute approximate surface area is 112 Å². The number of hydrogen-bond acceptors (Lipinski definition) is 3. The monoisotopic (exact) mass is 266 g/mol. The van der Waals surface area contributed by atoms with Gasteiger partial charge < -0.3 is 9.47 Å². The third kappa shape index (κ3) is 3.13. The Kier molecular flexibility index (Phi) is 4.53. The summed E-state index contributed by atoms with van der Waals surface area (Å²) >= 11 is 0. The number of carbonyl (C=O) groups excluding carboxylic acids is 1. The summed E-state index contributed by atoms with van der Waals surface area (Å²) in [5.74, 6) is -0.603. The smallest absolute Gasteiger partial charge is 0.309 e. The molecule has 0 heterocycles. The van der Waals surface area contributed by atoms with Crippen LogP contribution in [0.3, 0.4) is 0 Å². The van der Waals surface area contributed by atoms with Gasteiger partial charge in [-0.05, 0) is 42.9 Å². The van der Waals surface area contributed by atoms with Crippen LogP contribution in [0.5, 0.6) is 0 Å². The standard InChI is InChI=1S/C15H19FO3/c1-18-12-7-8-13(14(9-12)15(17)19-2)10-3-5-11(16)6-4-10/h3-6,12-14H,7-9H2,1-2H3/t12?,13-,14+/m0/s1. The number of benzene rings is 1. The Bertz CT molecular complexity index is 430. The fourth-order valence-electron chi connectivity index (χ4n) is 2.87. The van der Waals surface area contributed by atoms with Crippen LogP contribution in [0.15, 0.2) is 24.3 Å². The highest BCUT2D eigenvalue weighted by molar-refractivity contribution is 5.73. The molecule has 1 aliphatic carbocycles. The highest BCUT2D eigenvalue weighted by Crippen LogP contribution is 2.39. The van der Waals surface area contributed by atoms with E-state index in [1.807, 2.05) is 0 Å². The van der Waals surface area contributed by atoms with Crippen molar-refractivity contribution in [3.63, 3.8) is 0 Å². The Hall–Kier alpha value is -1.42. The molecule has 104 valence electrons. The van der Waals surface area contributed by atoms with Crippen LogP contribution < -0.4 is 0 Å². The summed E-state index contributed by atoms with van der Waals surface area (Å²) in [4.78, 5) is 11.9. The van der Waals surface area contributed by atoms with E-state index < -0.39 is 0 Å². The van der Waals surface area contributed by atoms with Crippen LogP contribution in [0.1, 0.15) is 30.7 Å². The van der Waals surface area contributed by atoms with E-state index in [9.17, 15) is 9.18 Å². The highest BCUT2D eigenvalue weighted by Gasteiger charge is 2.36. The van der Waals surface area contributed by atoms with Crippen molar-refractivity contribution in [1.29, 1.82) is 0 Å². The molecule has 0 radical (unpaired) electrons. The third-order valence-corrected chi connectivity index (χ3v) is 3.94.